The van der Waals surface area contributed by atoms with E-state index in [4.69, 9.17) is 15.2 Å². The highest BCUT2D eigenvalue weighted by Gasteiger charge is 2.23. The highest BCUT2D eigenvalue weighted by molar-refractivity contribution is 7.17. The minimum absolute atomic E-state index is 0.493. The number of hydrogen-bond acceptors (Lipinski definition) is 7. The van der Waals surface area contributed by atoms with Crippen molar-refractivity contribution in [1.29, 1.82) is 5.26 Å². The van der Waals surface area contributed by atoms with E-state index in [9.17, 15) is 0 Å². The first-order chi connectivity index (χ1) is 13.7. The number of anilines is 1. The van der Waals surface area contributed by atoms with Crippen LogP contribution in [0.25, 0.3) is 21.3 Å². The number of nitrogens with zero attached hydrogens (tertiary/aromatic N) is 6. The zero-order chi connectivity index (χ0) is 19.5. The lowest BCUT2D eigenvalue weighted by atomic mass is 10.1. The lowest BCUT2D eigenvalue weighted by Gasteiger charge is -2.34. The highest BCUT2D eigenvalue weighted by atomic mass is 32.1. The maximum atomic E-state index is 8.97. The zero-order valence-corrected chi connectivity index (χ0v) is 17.1. The second-order valence-corrected chi connectivity index (χ2v) is 8.18. The van der Waals surface area contributed by atoms with Crippen LogP contribution in [0.3, 0.4) is 0 Å². The van der Waals surface area contributed by atoms with Gasteiger partial charge in [0.05, 0.1) is 24.5 Å². The Balaban J connectivity index is 1.78. The van der Waals surface area contributed by atoms with Gasteiger partial charge in [0.15, 0.2) is 0 Å². The fraction of sp³-hybridized carbons (Fsp3) is 0.381. The molecule has 7 heteroatoms. The van der Waals surface area contributed by atoms with Gasteiger partial charge in [-0.3, -0.25) is 4.90 Å². The number of nitriles is 1. The van der Waals surface area contributed by atoms with E-state index in [0.29, 0.717) is 6.54 Å². The van der Waals surface area contributed by atoms with Gasteiger partial charge in [0, 0.05) is 37.1 Å². The third kappa shape index (κ3) is 3.85. The summed E-state index contributed by atoms with van der Waals surface area (Å²) in [6.45, 7) is 4.72. The first-order valence-corrected chi connectivity index (χ1v) is 10.4. The number of fused-ring (bicyclic) bond motifs is 1. The minimum atomic E-state index is 0.493. The average molecular weight is 393 g/mol. The number of aromatic nitrogens is 2. The van der Waals surface area contributed by atoms with E-state index in [0.717, 1.165) is 54.6 Å². The third-order valence-corrected chi connectivity index (χ3v) is 5.84. The monoisotopic (exact) mass is 392 g/mol. The van der Waals surface area contributed by atoms with Gasteiger partial charge in [-0.15, -0.1) is 11.3 Å². The molecule has 0 N–H and O–H groups in total. The summed E-state index contributed by atoms with van der Waals surface area (Å²) in [5, 5.41) is 12.3. The Morgan fingerprint density at radius 1 is 1.11 bits per heavy atom. The Morgan fingerprint density at radius 2 is 1.86 bits per heavy atom. The first-order valence-electron chi connectivity index (χ1n) is 9.48. The molecule has 0 spiro atoms. The molecule has 1 saturated heterocycles. The Labute approximate surface area is 169 Å². The van der Waals surface area contributed by atoms with Gasteiger partial charge in [-0.2, -0.15) is 5.26 Å². The van der Waals surface area contributed by atoms with E-state index >= 15 is 0 Å². The molecule has 3 heterocycles. The highest BCUT2D eigenvalue weighted by Crippen LogP contribution is 2.38. The SMILES string of the molecule is CN(C)Cc1nc(N2CCN(CC#N)CC2)c2c(-c3ccccc3)csc2n1. The molecule has 0 amide bonds. The van der Waals surface area contributed by atoms with Crippen molar-refractivity contribution in [3.63, 3.8) is 0 Å². The van der Waals surface area contributed by atoms with Crippen molar-refractivity contribution in [1.82, 2.24) is 19.8 Å². The molecule has 144 valence electrons. The summed E-state index contributed by atoms with van der Waals surface area (Å²) in [7, 11) is 4.08. The van der Waals surface area contributed by atoms with Gasteiger partial charge in [0.1, 0.15) is 16.5 Å². The van der Waals surface area contributed by atoms with E-state index in [2.05, 4.69) is 50.4 Å². The standard InChI is InChI=1S/C21H24N6S/c1-25(2)14-18-23-20(27-12-10-26(9-8-22)11-13-27)19-17(15-28-21(19)24-18)16-6-4-3-5-7-16/h3-7,15H,9-14H2,1-2H3. The van der Waals surface area contributed by atoms with Crippen molar-refractivity contribution in [3.8, 4) is 17.2 Å². The van der Waals surface area contributed by atoms with Gasteiger partial charge in [-0.05, 0) is 19.7 Å². The van der Waals surface area contributed by atoms with Crippen molar-refractivity contribution >= 4 is 27.4 Å². The van der Waals surface area contributed by atoms with Gasteiger partial charge in [-0.1, -0.05) is 30.3 Å². The number of rotatable bonds is 5. The molecule has 1 fully saturated rings. The summed E-state index contributed by atoms with van der Waals surface area (Å²) in [5.74, 6) is 1.88. The Morgan fingerprint density at radius 3 is 2.54 bits per heavy atom. The summed E-state index contributed by atoms with van der Waals surface area (Å²) in [5.41, 5.74) is 2.40. The van der Waals surface area contributed by atoms with Crippen LogP contribution in [-0.2, 0) is 6.54 Å². The summed E-state index contributed by atoms with van der Waals surface area (Å²) in [6, 6.07) is 12.7. The van der Waals surface area contributed by atoms with Crippen LogP contribution in [-0.4, -0.2) is 66.6 Å². The molecule has 6 nitrogen and oxygen atoms in total. The summed E-state index contributed by atoms with van der Waals surface area (Å²) in [4.78, 5) is 17.5. The third-order valence-electron chi connectivity index (χ3n) is 4.97. The van der Waals surface area contributed by atoms with E-state index in [1.807, 2.05) is 20.2 Å². The van der Waals surface area contributed by atoms with Gasteiger partial charge < -0.3 is 9.80 Å². The van der Waals surface area contributed by atoms with Crippen LogP contribution >= 0.6 is 11.3 Å². The topological polar surface area (TPSA) is 59.3 Å². The molecule has 2 aromatic heterocycles. The van der Waals surface area contributed by atoms with Crippen molar-refractivity contribution in [2.24, 2.45) is 0 Å². The van der Waals surface area contributed by atoms with Crippen molar-refractivity contribution in [3.05, 3.63) is 41.5 Å². The smallest absolute Gasteiger partial charge is 0.146 e. The quantitative estimate of drug-likeness (QED) is 0.622. The van der Waals surface area contributed by atoms with Gasteiger partial charge >= 0.3 is 0 Å². The fourth-order valence-electron chi connectivity index (χ4n) is 3.60. The van der Waals surface area contributed by atoms with E-state index in [-0.39, 0.29) is 0 Å². The Hall–Kier alpha value is -2.53. The van der Waals surface area contributed by atoms with E-state index in [1.54, 1.807) is 11.3 Å². The van der Waals surface area contributed by atoms with Crippen molar-refractivity contribution < 1.29 is 0 Å². The molecule has 0 unspecified atom stereocenters. The lowest BCUT2D eigenvalue weighted by Crippen LogP contribution is -2.46. The Kier molecular flexibility index (Phi) is 5.53. The van der Waals surface area contributed by atoms with Crippen LogP contribution in [0.5, 0.6) is 0 Å². The van der Waals surface area contributed by atoms with Crippen LogP contribution in [0.2, 0.25) is 0 Å². The second kappa shape index (κ2) is 8.23. The average Bonchev–Trinajstić information content (AvgIpc) is 3.12. The van der Waals surface area contributed by atoms with Crippen molar-refractivity contribution in [2.45, 2.75) is 6.54 Å². The lowest BCUT2D eigenvalue weighted by molar-refractivity contribution is 0.286. The number of piperazine rings is 1. The molecular formula is C21H24N6S. The van der Waals surface area contributed by atoms with Crippen LogP contribution < -0.4 is 4.90 Å². The number of benzene rings is 1. The molecule has 1 aliphatic heterocycles. The normalized spacial score (nSPS) is 15.3. The van der Waals surface area contributed by atoms with Crippen LogP contribution in [0.4, 0.5) is 5.82 Å². The molecule has 3 aromatic rings. The van der Waals surface area contributed by atoms with Crippen LogP contribution in [0.1, 0.15) is 5.82 Å². The summed E-state index contributed by atoms with van der Waals surface area (Å²) >= 11 is 1.69. The zero-order valence-electron chi connectivity index (χ0n) is 16.3. The molecule has 0 saturated carbocycles. The first kappa shape index (κ1) is 18.8. The van der Waals surface area contributed by atoms with Gasteiger partial charge in [0.2, 0.25) is 0 Å². The largest absolute Gasteiger partial charge is 0.353 e. The molecule has 4 rings (SSSR count). The minimum Gasteiger partial charge on any atom is -0.353 e. The Bertz CT molecular complexity index is 983. The molecule has 0 bridgehead atoms. The fourth-order valence-corrected chi connectivity index (χ4v) is 4.56. The molecule has 0 atom stereocenters. The molecule has 0 aliphatic carbocycles. The second-order valence-electron chi connectivity index (χ2n) is 7.32. The summed E-state index contributed by atoms with van der Waals surface area (Å²) < 4.78 is 0. The van der Waals surface area contributed by atoms with Gasteiger partial charge in [-0.25, -0.2) is 9.97 Å². The number of thiophene rings is 1. The molecule has 1 aliphatic rings. The molecule has 1 aromatic carbocycles. The molecular weight excluding hydrogens is 368 g/mol. The predicted octanol–water partition coefficient (Wildman–Crippen LogP) is 3.07. The summed E-state index contributed by atoms with van der Waals surface area (Å²) in [6.07, 6.45) is 0. The molecule has 0 radical (unpaired) electrons. The maximum Gasteiger partial charge on any atom is 0.146 e. The van der Waals surface area contributed by atoms with Gasteiger partial charge in [0.25, 0.3) is 0 Å². The number of hydrogen-bond donors (Lipinski definition) is 0. The maximum absolute atomic E-state index is 8.97. The van der Waals surface area contributed by atoms with Crippen LogP contribution in [0.15, 0.2) is 35.7 Å². The molecule has 28 heavy (non-hydrogen) atoms. The van der Waals surface area contributed by atoms with Crippen LogP contribution in [0, 0.1) is 11.3 Å². The van der Waals surface area contributed by atoms with E-state index < -0.39 is 0 Å². The predicted molar refractivity (Wildman–Crippen MR) is 115 cm³/mol. The van der Waals surface area contributed by atoms with Crippen molar-refractivity contribution in [2.75, 3.05) is 51.7 Å². The van der Waals surface area contributed by atoms with E-state index in [1.165, 1.54) is 11.1 Å².